The summed E-state index contributed by atoms with van der Waals surface area (Å²) in [6, 6.07) is 14.4. The molecule has 1 fully saturated rings. The second-order valence-corrected chi connectivity index (χ2v) is 6.89. The van der Waals surface area contributed by atoms with E-state index in [-0.39, 0.29) is 12.8 Å². The number of aldehydes is 1. The Bertz CT molecular complexity index is 793. The molecule has 1 saturated heterocycles. The lowest BCUT2D eigenvalue weighted by atomic mass is 9.93. The molecule has 2 heterocycles. The number of hydrogen-bond acceptors (Lipinski definition) is 6. The normalized spacial score (nSPS) is 21.4. The van der Waals surface area contributed by atoms with Gasteiger partial charge in [0.05, 0.1) is 6.54 Å². The quantitative estimate of drug-likeness (QED) is 0.757. The predicted octanol–water partition coefficient (Wildman–Crippen LogP) is 2.48. The van der Waals surface area contributed by atoms with Gasteiger partial charge in [-0.1, -0.05) is 18.2 Å². The number of likely N-dealkylation sites (tertiary alicyclic amines) is 1. The largest absolute Gasteiger partial charge is 0.492 e. The fourth-order valence-electron chi connectivity index (χ4n) is 3.92. The zero-order valence-corrected chi connectivity index (χ0v) is 15.2. The first kappa shape index (κ1) is 17.8. The molecule has 0 bridgehead atoms. The number of ether oxygens (including phenoxy) is 3. The molecular formula is C21H24N2O4. The summed E-state index contributed by atoms with van der Waals surface area (Å²) >= 11 is 0. The number of nitrogens with two attached hydrogens (primary N) is 1. The first-order valence-electron chi connectivity index (χ1n) is 9.28. The van der Waals surface area contributed by atoms with Crippen molar-refractivity contribution in [3.8, 4) is 17.2 Å². The van der Waals surface area contributed by atoms with Crippen molar-refractivity contribution in [2.75, 3.05) is 33.0 Å². The Balaban J connectivity index is 1.52. The molecule has 0 radical (unpaired) electrons. The van der Waals surface area contributed by atoms with Crippen molar-refractivity contribution in [3.63, 3.8) is 0 Å². The van der Waals surface area contributed by atoms with Crippen molar-refractivity contribution in [1.82, 2.24) is 4.90 Å². The Morgan fingerprint density at radius 3 is 2.67 bits per heavy atom. The second kappa shape index (κ2) is 7.98. The summed E-state index contributed by atoms with van der Waals surface area (Å²) in [7, 11) is 0. The maximum atomic E-state index is 11.2. The van der Waals surface area contributed by atoms with Crippen molar-refractivity contribution < 1.29 is 19.0 Å². The van der Waals surface area contributed by atoms with E-state index in [1.165, 1.54) is 11.1 Å². The summed E-state index contributed by atoms with van der Waals surface area (Å²) in [5.74, 6) is 2.76. The molecule has 0 amide bonds. The molecule has 0 saturated carbocycles. The van der Waals surface area contributed by atoms with E-state index in [4.69, 9.17) is 19.9 Å². The average molecular weight is 368 g/mol. The molecule has 0 aliphatic carbocycles. The third kappa shape index (κ3) is 3.77. The van der Waals surface area contributed by atoms with Gasteiger partial charge >= 0.3 is 0 Å². The van der Waals surface area contributed by atoms with Crippen LogP contribution in [0.4, 0.5) is 0 Å². The summed E-state index contributed by atoms with van der Waals surface area (Å²) in [6.45, 7) is 2.55. The van der Waals surface area contributed by atoms with Crippen LogP contribution in [0.15, 0.2) is 42.5 Å². The third-order valence-electron chi connectivity index (χ3n) is 5.23. The van der Waals surface area contributed by atoms with Crippen LogP contribution in [-0.4, -0.2) is 44.2 Å². The van der Waals surface area contributed by atoms with E-state index >= 15 is 0 Å². The van der Waals surface area contributed by atoms with E-state index in [0.717, 1.165) is 36.5 Å². The van der Waals surface area contributed by atoms with E-state index in [1.807, 2.05) is 18.2 Å². The first-order valence-corrected chi connectivity index (χ1v) is 9.28. The Morgan fingerprint density at radius 2 is 1.89 bits per heavy atom. The van der Waals surface area contributed by atoms with Gasteiger partial charge in [0, 0.05) is 19.1 Å². The van der Waals surface area contributed by atoms with Gasteiger partial charge in [-0.15, -0.1) is 0 Å². The van der Waals surface area contributed by atoms with E-state index in [1.54, 1.807) is 0 Å². The molecule has 2 aliphatic rings. The van der Waals surface area contributed by atoms with Gasteiger partial charge in [0.2, 0.25) is 6.79 Å². The minimum absolute atomic E-state index is 0.203. The lowest BCUT2D eigenvalue weighted by Crippen LogP contribution is -2.25. The number of rotatable bonds is 7. The zero-order chi connectivity index (χ0) is 18.6. The van der Waals surface area contributed by atoms with Crippen LogP contribution >= 0.6 is 0 Å². The highest BCUT2D eigenvalue weighted by atomic mass is 16.7. The topological polar surface area (TPSA) is 74.0 Å². The fraction of sp³-hybridized carbons (Fsp3) is 0.381. The molecule has 2 aliphatic heterocycles. The van der Waals surface area contributed by atoms with E-state index in [2.05, 4.69) is 29.2 Å². The predicted molar refractivity (Wildman–Crippen MR) is 101 cm³/mol. The van der Waals surface area contributed by atoms with Crippen LogP contribution in [0.25, 0.3) is 0 Å². The maximum Gasteiger partial charge on any atom is 0.231 e. The summed E-state index contributed by atoms with van der Waals surface area (Å²) < 4.78 is 16.5. The molecule has 2 aromatic carbocycles. The first-order chi connectivity index (χ1) is 13.3. The molecule has 27 heavy (non-hydrogen) atoms. The number of hydrogen-bond donors (Lipinski definition) is 1. The van der Waals surface area contributed by atoms with Gasteiger partial charge in [-0.2, -0.15) is 0 Å². The van der Waals surface area contributed by atoms with Gasteiger partial charge in [0.25, 0.3) is 0 Å². The highest BCUT2D eigenvalue weighted by molar-refractivity contribution is 5.53. The molecule has 4 rings (SSSR count). The van der Waals surface area contributed by atoms with Gasteiger partial charge in [-0.25, -0.2) is 0 Å². The zero-order valence-electron chi connectivity index (χ0n) is 15.2. The van der Waals surface area contributed by atoms with Crippen LogP contribution in [0, 0.1) is 0 Å². The van der Waals surface area contributed by atoms with Crippen LogP contribution in [0.2, 0.25) is 0 Å². The van der Waals surface area contributed by atoms with Gasteiger partial charge < -0.3 is 24.7 Å². The Kier molecular flexibility index (Phi) is 5.27. The van der Waals surface area contributed by atoms with Crippen molar-refractivity contribution >= 4 is 6.29 Å². The highest BCUT2D eigenvalue weighted by Crippen LogP contribution is 2.43. The van der Waals surface area contributed by atoms with Gasteiger partial charge in [-0.05, 0) is 47.7 Å². The summed E-state index contributed by atoms with van der Waals surface area (Å²) in [4.78, 5) is 13.4. The fourth-order valence-corrected chi connectivity index (χ4v) is 3.92. The summed E-state index contributed by atoms with van der Waals surface area (Å²) in [5.41, 5.74) is 7.90. The maximum absolute atomic E-state index is 11.2. The van der Waals surface area contributed by atoms with Crippen molar-refractivity contribution in [1.29, 1.82) is 0 Å². The molecule has 0 aromatic heterocycles. The van der Waals surface area contributed by atoms with Crippen molar-refractivity contribution in [2.45, 2.75) is 18.4 Å². The smallest absolute Gasteiger partial charge is 0.231 e. The number of carbonyl (C=O) groups is 1. The number of fused-ring (bicyclic) bond motifs is 1. The second-order valence-electron chi connectivity index (χ2n) is 6.89. The van der Waals surface area contributed by atoms with Crippen LogP contribution < -0.4 is 19.9 Å². The Morgan fingerprint density at radius 1 is 1.11 bits per heavy atom. The molecule has 2 atom stereocenters. The molecular weight excluding hydrogens is 344 g/mol. The molecule has 6 nitrogen and oxygen atoms in total. The highest BCUT2D eigenvalue weighted by Gasteiger charge is 2.34. The van der Waals surface area contributed by atoms with Crippen molar-refractivity contribution in [2.24, 2.45) is 5.73 Å². The molecule has 0 spiro atoms. The molecule has 2 aromatic rings. The van der Waals surface area contributed by atoms with Crippen LogP contribution in [0.1, 0.15) is 29.5 Å². The van der Waals surface area contributed by atoms with E-state index in [9.17, 15) is 4.79 Å². The monoisotopic (exact) mass is 368 g/mol. The van der Waals surface area contributed by atoms with Crippen LogP contribution in [0.5, 0.6) is 17.2 Å². The van der Waals surface area contributed by atoms with Crippen molar-refractivity contribution in [3.05, 3.63) is 53.6 Å². The SMILES string of the molecule is NCCOc1ccc([C@H]2C[C@@H](c3ccc4c(c3)OCO4)CN2CC=O)cc1. The summed E-state index contributed by atoms with van der Waals surface area (Å²) in [5, 5.41) is 0. The number of nitrogens with zero attached hydrogens (tertiary/aromatic N) is 1. The molecule has 142 valence electrons. The van der Waals surface area contributed by atoms with E-state index < -0.39 is 0 Å². The lowest BCUT2D eigenvalue weighted by molar-refractivity contribution is -0.109. The Hall–Kier alpha value is -2.57. The van der Waals surface area contributed by atoms with Crippen LogP contribution in [0.3, 0.4) is 0 Å². The average Bonchev–Trinajstić information content (AvgIpc) is 3.33. The van der Waals surface area contributed by atoms with Crippen LogP contribution in [-0.2, 0) is 4.79 Å². The van der Waals surface area contributed by atoms with E-state index in [0.29, 0.717) is 25.6 Å². The molecule has 2 N–H and O–H groups in total. The summed E-state index contributed by atoms with van der Waals surface area (Å²) in [6.07, 6.45) is 1.93. The minimum atomic E-state index is 0.203. The number of carbonyl (C=O) groups excluding carboxylic acids is 1. The van der Waals surface area contributed by atoms with Gasteiger partial charge in [-0.3, -0.25) is 4.90 Å². The minimum Gasteiger partial charge on any atom is -0.492 e. The Labute approximate surface area is 158 Å². The standard InChI is InChI=1S/C21H24N2O4/c22-7-10-25-18-4-1-15(2-5-18)19-11-17(13-23(19)8-9-24)16-3-6-20-21(12-16)27-14-26-20/h1-6,9,12,17,19H,7-8,10-11,13-14,22H2/t17-,19-/m1/s1. The molecule has 0 unspecified atom stereocenters. The lowest BCUT2D eigenvalue weighted by Gasteiger charge is -2.22. The van der Waals surface area contributed by atoms with Gasteiger partial charge in [0.1, 0.15) is 18.6 Å². The number of benzene rings is 2. The molecule has 6 heteroatoms. The van der Waals surface area contributed by atoms with Gasteiger partial charge in [0.15, 0.2) is 11.5 Å². The third-order valence-corrected chi connectivity index (χ3v) is 5.23.